The van der Waals surface area contributed by atoms with E-state index in [9.17, 15) is 18.0 Å². The second-order valence-corrected chi connectivity index (χ2v) is 5.83. The number of nitrogens with zero attached hydrogens (tertiary/aromatic N) is 1. The van der Waals surface area contributed by atoms with Crippen LogP contribution in [0, 0.1) is 29.5 Å². The van der Waals surface area contributed by atoms with Gasteiger partial charge < -0.3 is 4.74 Å². The number of carbonyl (C=O) groups is 1. The summed E-state index contributed by atoms with van der Waals surface area (Å²) in [5, 5.41) is 0. The highest BCUT2D eigenvalue weighted by Gasteiger charge is 2.28. The van der Waals surface area contributed by atoms with Gasteiger partial charge in [0.25, 0.3) is 11.9 Å². The normalized spacial score (nSPS) is 21.6. The largest absolute Gasteiger partial charge is 0.421 e. The molecule has 1 aromatic rings. The van der Waals surface area contributed by atoms with Crippen molar-refractivity contribution in [3.8, 4) is 5.75 Å². The van der Waals surface area contributed by atoms with Crippen molar-refractivity contribution in [2.75, 3.05) is 0 Å². The van der Waals surface area contributed by atoms with E-state index in [2.05, 4.69) is 11.9 Å². The third-order valence-electron chi connectivity index (χ3n) is 4.21. The number of carbonyl (C=O) groups excluding carboxylic acids is 1. The summed E-state index contributed by atoms with van der Waals surface area (Å²) in [6.07, 6.45) is 6.77. The van der Waals surface area contributed by atoms with E-state index < -0.39 is 29.4 Å². The zero-order valence-corrected chi connectivity index (χ0v) is 12.6. The molecule has 0 saturated heterocycles. The SMILES string of the molecule is CCCC[C@H]1CC[C@H](C(=O)Oc2cc(F)c(F)nc2F)CC1. The fourth-order valence-electron chi connectivity index (χ4n) is 2.87. The standard InChI is InChI=1S/C16H20F3NO2/c1-2-3-4-10-5-7-11(8-6-10)16(21)22-13-9-12(17)14(18)20-15(13)19/h9-11H,2-8H2,1H3/t10-,11-. The zero-order chi connectivity index (χ0) is 16.1. The Kier molecular flexibility index (Phi) is 5.80. The van der Waals surface area contributed by atoms with E-state index in [-0.39, 0.29) is 5.92 Å². The van der Waals surface area contributed by atoms with Crippen LogP contribution >= 0.6 is 0 Å². The zero-order valence-electron chi connectivity index (χ0n) is 12.6. The minimum absolute atomic E-state index is 0.314. The summed E-state index contributed by atoms with van der Waals surface area (Å²) in [7, 11) is 0. The van der Waals surface area contributed by atoms with Crippen molar-refractivity contribution >= 4 is 5.97 Å². The van der Waals surface area contributed by atoms with Crippen LogP contribution in [0.1, 0.15) is 51.9 Å². The monoisotopic (exact) mass is 315 g/mol. The van der Waals surface area contributed by atoms with Gasteiger partial charge in [-0.2, -0.15) is 13.8 Å². The topological polar surface area (TPSA) is 39.2 Å². The summed E-state index contributed by atoms with van der Waals surface area (Å²) in [5.41, 5.74) is 0. The van der Waals surface area contributed by atoms with Crippen LogP contribution in [-0.2, 0) is 4.79 Å². The lowest BCUT2D eigenvalue weighted by Crippen LogP contribution is -2.26. The van der Waals surface area contributed by atoms with Gasteiger partial charge in [-0.15, -0.1) is 0 Å². The third kappa shape index (κ3) is 4.21. The number of halogens is 3. The summed E-state index contributed by atoms with van der Waals surface area (Å²) < 4.78 is 44.0. The smallest absolute Gasteiger partial charge is 0.314 e. The fourth-order valence-corrected chi connectivity index (χ4v) is 2.87. The molecule has 6 heteroatoms. The minimum Gasteiger partial charge on any atom is -0.421 e. The molecule has 3 nitrogen and oxygen atoms in total. The third-order valence-corrected chi connectivity index (χ3v) is 4.21. The molecule has 0 N–H and O–H groups in total. The summed E-state index contributed by atoms with van der Waals surface area (Å²) in [4.78, 5) is 14.7. The van der Waals surface area contributed by atoms with Crippen molar-refractivity contribution in [2.45, 2.75) is 51.9 Å². The number of esters is 1. The number of aromatic nitrogens is 1. The van der Waals surface area contributed by atoms with E-state index >= 15 is 0 Å². The van der Waals surface area contributed by atoms with Gasteiger partial charge in [0, 0.05) is 6.07 Å². The van der Waals surface area contributed by atoms with Gasteiger partial charge >= 0.3 is 5.97 Å². The molecule has 0 amide bonds. The molecule has 22 heavy (non-hydrogen) atoms. The summed E-state index contributed by atoms with van der Waals surface area (Å²) in [5.74, 6) is -5.14. The molecular formula is C16H20F3NO2. The molecule has 1 aromatic heterocycles. The van der Waals surface area contributed by atoms with E-state index in [0.29, 0.717) is 24.8 Å². The van der Waals surface area contributed by atoms with Gasteiger partial charge in [-0.25, -0.2) is 4.39 Å². The molecule has 1 heterocycles. The highest BCUT2D eigenvalue weighted by molar-refractivity contribution is 5.75. The van der Waals surface area contributed by atoms with Crippen LogP contribution in [0.2, 0.25) is 0 Å². The fraction of sp³-hybridized carbons (Fsp3) is 0.625. The number of hydrogen-bond donors (Lipinski definition) is 0. The first-order valence-electron chi connectivity index (χ1n) is 7.74. The lowest BCUT2D eigenvalue weighted by Gasteiger charge is -2.27. The molecule has 0 aliphatic heterocycles. The minimum atomic E-state index is -1.55. The van der Waals surface area contributed by atoms with Gasteiger partial charge in [0.1, 0.15) is 0 Å². The second kappa shape index (κ2) is 7.61. The molecule has 0 unspecified atom stereocenters. The molecule has 122 valence electrons. The first-order chi connectivity index (χ1) is 10.5. The van der Waals surface area contributed by atoms with Crippen molar-refractivity contribution in [2.24, 2.45) is 11.8 Å². The van der Waals surface area contributed by atoms with Crippen molar-refractivity contribution < 1.29 is 22.7 Å². The van der Waals surface area contributed by atoms with Gasteiger partial charge in [-0.3, -0.25) is 4.79 Å². The number of hydrogen-bond acceptors (Lipinski definition) is 3. The molecule has 1 fully saturated rings. The average molecular weight is 315 g/mol. The van der Waals surface area contributed by atoms with Crippen LogP contribution in [-0.4, -0.2) is 11.0 Å². The van der Waals surface area contributed by atoms with E-state index in [4.69, 9.17) is 4.74 Å². The molecule has 0 atom stereocenters. The van der Waals surface area contributed by atoms with E-state index in [1.54, 1.807) is 0 Å². The molecule has 0 radical (unpaired) electrons. The molecule has 1 saturated carbocycles. The number of ether oxygens (including phenoxy) is 1. The van der Waals surface area contributed by atoms with Gasteiger partial charge in [0.2, 0.25) is 0 Å². The molecule has 1 aliphatic rings. The maximum absolute atomic E-state index is 13.4. The first-order valence-corrected chi connectivity index (χ1v) is 7.74. The van der Waals surface area contributed by atoms with Crippen molar-refractivity contribution in [1.82, 2.24) is 4.98 Å². The van der Waals surface area contributed by atoms with Crippen LogP contribution in [0.3, 0.4) is 0 Å². The Balaban J connectivity index is 1.90. The van der Waals surface area contributed by atoms with E-state index in [0.717, 1.165) is 19.3 Å². The van der Waals surface area contributed by atoms with E-state index in [1.165, 1.54) is 12.8 Å². The van der Waals surface area contributed by atoms with Crippen molar-refractivity contribution in [1.29, 1.82) is 0 Å². The molecular weight excluding hydrogens is 295 g/mol. The van der Waals surface area contributed by atoms with Gasteiger partial charge in [-0.05, 0) is 31.6 Å². The lowest BCUT2D eigenvalue weighted by molar-refractivity contribution is -0.140. The number of pyridine rings is 1. The van der Waals surface area contributed by atoms with Crippen LogP contribution < -0.4 is 4.74 Å². The Morgan fingerprint density at radius 1 is 1.23 bits per heavy atom. The predicted molar refractivity (Wildman–Crippen MR) is 74.7 cm³/mol. The van der Waals surface area contributed by atoms with Crippen LogP contribution in [0.4, 0.5) is 13.2 Å². The van der Waals surface area contributed by atoms with Crippen LogP contribution in [0.5, 0.6) is 5.75 Å². The molecule has 1 aliphatic carbocycles. The maximum Gasteiger partial charge on any atom is 0.314 e. The maximum atomic E-state index is 13.4. The van der Waals surface area contributed by atoms with Crippen LogP contribution in [0.25, 0.3) is 0 Å². The average Bonchev–Trinajstić information content (AvgIpc) is 2.51. The van der Waals surface area contributed by atoms with Gasteiger partial charge in [-0.1, -0.05) is 26.2 Å². The summed E-state index contributed by atoms with van der Waals surface area (Å²) >= 11 is 0. The Bertz CT molecular complexity index is 528. The summed E-state index contributed by atoms with van der Waals surface area (Å²) in [6.45, 7) is 2.15. The van der Waals surface area contributed by atoms with Gasteiger partial charge in [0.15, 0.2) is 11.6 Å². The quantitative estimate of drug-likeness (QED) is 0.597. The highest BCUT2D eigenvalue weighted by atomic mass is 19.2. The Labute approximate surface area is 127 Å². The Morgan fingerprint density at radius 3 is 2.55 bits per heavy atom. The second-order valence-electron chi connectivity index (χ2n) is 5.83. The highest BCUT2D eigenvalue weighted by Crippen LogP contribution is 2.33. The molecule has 0 spiro atoms. The number of rotatable bonds is 5. The molecule has 2 rings (SSSR count). The lowest BCUT2D eigenvalue weighted by atomic mass is 9.80. The predicted octanol–water partition coefficient (Wildman–Crippen LogP) is 4.40. The van der Waals surface area contributed by atoms with Gasteiger partial charge in [0.05, 0.1) is 5.92 Å². The Hall–Kier alpha value is -1.59. The molecule has 0 bridgehead atoms. The Morgan fingerprint density at radius 2 is 1.91 bits per heavy atom. The van der Waals surface area contributed by atoms with Crippen LogP contribution in [0.15, 0.2) is 6.07 Å². The van der Waals surface area contributed by atoms with Crippen molar-refractivity contribution in [3.63, 3.8) is 0 Å². The van der Waals surface area contributed by atoms with E-state index in [1.807, 2.05) is 0 Å². The first kappa shape index (κ1) is 16.8. The summed E-state index contributed by atoms with van der Waals surface area (Å²) in [6, 6.07) is 0.516. The van der Waals surface area contributed by atoms with Crippen molar-refractivity contribution in [3.05, 3.63) is 23.8 Å². The number of unbranched alkanes of at least 4 members (excludes halogenated alkanes) is 1. The molecule has 0 aromatic carbocycles.